The molecular weight excluding hydrogens is 188 g/mol. The maximum Gasteiger partial charge on any atom is 0.163 e. The number of hydrogen-bond acceptors (Lipinski definition) is 2. The van der Waals surface area contributed by atoms with E-state index < -0.39 is 0 Å². The van der Waals surface area contributed by atoms with Crippen molar-refractivity contribution in [2.75, 3.05) is 12.8 Å². The van der Waals surface area contributed by atoms with Crippen molar-refractivity contribution in [3.63, 3.8) is 0 Å². The second-order valence-corrected chi connectivity index (χ2v) is 4.53. The van der Waals surface area contributed by atoms with Gasteiger partial charge in [0.1, 0.15) is 0 Å². The quantitative estimate of drug-likeness (QED) is 0.672. The van der Waals surface area contributed by atoms with E-state index in [0.717, 1.165) is 19.4 Å². The molecule has 12 heavy (non-hydrogen) atoms. The summed E-state index contributed by atoms with van der Waals surface area (Å²) < 4.78 is 0.295. The predicted octanol–water partition coefficient (Wildman–Crippen LogP) is 1.74. The molecule has 0 aliphatic carbocycles. The molecule has 0 saturated carbocycles. The molecule has 0 aromatic carbocycles. The van der Waals surface area contributed by atoms with E-state index in [1.165, 1.54) is 0 Å². The number of thioether (sulfide) groups is 1. The summed E-state index contributed by atoms with van der Waals surface area (Å²) in [6, 6.07) is 0. The fourth-order valence-electron chi connectivity index (χ4n) is 1.11. The van der Waals surface area contributed by atoms with Crippen LogP contribution >= 0.6 is 24.0 Å². The lowest BCUT2D eigenvalue weighted by atomic mass is 10.0. The third-order valence-electron chi connectivity index (χ3n) is 2.31. The predicted molar refractivity (Wildman–Crippen MR) is 61.6 cm³/mol. The highest BCUT2D eigenvalue weighted by molar-refractivity contribution is 8.00. The number of thiocarbonyl (C=S) groups is 1. The zero-order valence-corrected chi connectivity index (χ0v) is 9.65. The summed E-state index contributed by atoms with van der Waals surface area (Å²) in [5.41, 5.74) is 5.37. The van der Waals surface area contributed by atoms with Crippen LogP contribution in [0.2, 0.25) is 0 Å². The van der Waals surface area contributed by atoms with Gasteiger partial charge in [-0.2, -0.15) is 11.8 Å². The zero-order chi connectivity index (χ0) is 9.61. The maximum atomic E-state index is 5.37. The van der Waals surface area contributed by atoms with Gasteiger partial charge in [0.2, 0.25) is 0 Å². The van der Waals surface area contributed by atoms with E-state index in [-0.39, 0.29) is 0 Å². The van der Waals surface area contributed by atoms with Crippen LogP contribution in [0, 0.1) is 0 Å². The molecule has 0 saturated heterocycles. The fourth-order valence-corrected chi connectivity index (χ4v) is 1.98. The number of hydrogen-bond donors (Lipinski definition) is 2. The fraction of sp³-hybridized carbons (Fsp3) is 0.875. The Labute approximate surface area is 84.7 Å². The van der Waals surface area contributed by atoms with Crippen LogP contribution < -0.4 is 11.1 Å². The van der Waals surface area contributed by atoms with Gasteiger partial charge in [0.05, 0.1) is 0 Å². The summed E-state index contributed by atoms with van der Waals surface area (Å²) in [6.07, 6.45) is 4.41. The van der Waals surface area contributed by atoms with Crippen molar-refractivity contribution in [1.29, 1.82) is 0 Å². The van der Waals surface area contributed by atoms with Crippen LogP contribution in [0.5, 0.6) is 0 Å². The van der Waals surface area contributed by atoms with Gasteiger partial charge >= 0.3 is 0 Å². The molecule has 0 radical (unpaired) electrons. The second kappa shape index (κ2) is 5.65. The van der Waals surface area contributed by atoms with Crippen molar-refractivity contribution in [2.45, 2.75) is 31.4 Å². The van der Waals surface area contributed by atoms with Crippen LogP contribution in [0.15, 0.2) is 0 Å². The molecule has 0 aromatic rings. The number of nitrogens with one attached hydrogen (secondary N) is 1. The molecule has 0 aromatic heterocycles. The Balaban J connectivity index is 4.01. The van der Waals surface area contributed by atoms with Crippen LogP contribution in [0.4, 0.5) is 0 Å². The second-order valence-electron chi connectivity index (χ2n) is 2.81. The van der Waals surface area contributed by atoms with Crippen LogP contribution in [0.1, 0.15) is 26.7 Å². The Kier molecular flexibility index (Phi) is 5.66. The smallest absolute Gasteiger partial charge is 0.163 e. The first-order chi connectivity index (χ1) is 5.60. The molecule has 72 valence electrons. The minimum atomic E-state index is 0.295. The van der Waals surface area contributed by atoms with Crippen molar-refractivity contribution in [3.8, 4) is 0 Å². The van der Waals surface area contributed by atoms with Gasteiger partial charge in [-0.05, 0) is 31.3 Å². The molecule has 0 heterocycles. The zero-order valence-electron chi connectivity index (χ0n) is 8.02. The molecule has 4 heteroatoms. The van der Waals surface area contributed by atoms with Crippen LogP contribution in [-0.4, -0.2) is 22.7 Å². The molecule has 0 rings (SSSR count). The van der Waals surface area contributed by atoms with Crippen molar-refractivity contribution < 1.29 is 0 Å². The highest BCUT2D eigenvalue weighted by Gasteiger charge is 2.24. The molecule has 0 fully saturated rings. The van der Waals surface area contributed by atoms with E-state index in [2.05, 4.69) is 25.4 Å². The van der Waals surface area contributed by atoms with Gasteiger partial charge in [-0.15, -0.1) is 0 Å². The summed E-state index contributed by atoms with van der Waals surface area (Å²) in [5.74, 6) is 0. The van der Waals surface area contributed by atoms with Gasteiger partial charge in [-0.25, -0.2) is 0 Å². The summed E-state index contributed by atoms with van der Waals surface area (Å²) in [4.78, 5) is 0. The Bertz CT molecular complexity index is 136. The Morgan fingerprint density at radius 2 is 2.00 bits per heavy atom. The van der Waals surface area contributed by atoms with E-state index in [9.17, 15) is 0 Å². The molecule has 3 N–H and O–H groups in total. The van der Waals surface area contributed by atoms with Gasteiger partial charge in [-0.3, -0.25) is 0 Å². The average molecular weight is 206 g/mol. The molecule has 2 nitrogen and oxygen atoms in total. The molecule has 0 amide bonds. The van der Waals surface area contributed by atoms with E-state index in [0.29, 0.717) is 9.86 Å². The standard InChI is InChI=1S/C8H18N2S2/c1-4-8(5-2,12-3)6-10-7(9)11/h4-6H2,1-3H3,(H3,9,10,11). The monoisotopic (exact) mass is 206 g/mol. The minimum absolute atomic E-state index is 0.295. The molecular formula is C8H18N2S2. The minimum Gasteiger partial charge on any atom is -0.376 e. The summed E-state index contributed by atoms with van der Waals surface area (Å²) >= 11 is 6.65. The van der Waals surface area contributed by atoms with Gasteiger partial charge in [-0.1, -0.05) is 13.8 Å². The van der Waals surface area contributed by atoms with Crippen molar-refractivity contribution >= 4 is 29.1 Å². The normalized spacial score (nSPS) is 11.2. The average Bonchev–Trinajstić information content (AvgIpc) is 2.08. The highest BCUT2D eigenvalue weighted by atomic mass is 32.2. The van der Waals surface area contributed by atoms with Crippen LogP contribution in [0.3, 0.4) is 0 Å². The Morgan fingerprint density at radius 3 is 2.25 bits per heavy atom. The van der Waals surface area contributed by atoms with Crippen LogP contribution in [0.25, 0.3) is 0 Å². The first-order valence-electron chi connectivity index (χ1n) is 4.18. The van der Waals surface area contributed by atoms with Crippen molar-refractivity contribution in [1.82, 2.24) is 5.32 Å². The van der Waals surface area contributed by atoms with E-state index in [4.69, 9.17) is 18.0 Å². The van der Waals surface area contributed by atoms with Crippen molar-refractivity contribution in [2.24, 2.45) is 5.73 Å². The molecule has 0 spiro atoms. The van der Waals surface area contributed by atoms with Crippen LogP contribution in [-0.2, 0) is 0 Å². The van der Waals surface area contributed by atoms with E-state index in [1.807, 2.05) is 11.8 Å². The lowest BCUT2D eigenvalue weighted by Gasteiger charge is -2.29. The SMILES string of the molecule is CCC(CC)(CNC(N)=S)SC. The lowest BCUT2D eigenvalue weighted by Crippen LogP contribution is -2.41. The third-order valence-corrected chi connectivity index (χ3v) is 4.04. The van der Waals surface area contributed by atoms with Crippen molar-refractivity contribution in [3.05, 3.63) is 0 Å². The maximum absolute atomic E-state index is 5.37. The Morgan fingerprint density at radius 1 is 1.50 bits per heavy atom. The summed E-state index contributed by atoms with van der Waals surface area (Å²) in [6.45, 7) is 5.26. The number of nitrogens with two attached hydrogens (primary N) is 1. The molecule has 0 aliphatic rings. The van der Waals surface area contributed by atoms with E-state index >= 15 is 0 Å². The van der Waals surface area contributed by atoms with Gasteiger partial charge in [0.25, 0.3) is 0 Å². The van der Waals surface area contributed by atoms with E-state index in [1.54, 1.807) is 0 Å². The molecule has 0 unspecified atom stereocenters. The molecule has 0 atom stereocenters. The third kappa shape index (κ3) is 3.63. The molecule has 0 bridgehead atoms. The largest absolute Gasteiger partial charge is 0.376 e. The van der Waals surface area contributed by atoms with Gasteiger partial charge in [0, 0.05) is 11.3 Å². The van der Waals surface area contributed by atoms with Gasteiger partial charge in [0.15, 0.2) is 5.11 Å². The molecule has 0 aliphatic heterocycles. The summed E-state index contributed by atoms with van der Waals surface area (Å²) in [7, 11) is 0. The van der Waals surface area contributed by atoms with Gasteiger partial charge < -0.3 is 11.1 Å². The summed E-state index contributed by atoms with van der Waals surface area (Å²) in [5, 5.41) is 3.43. The first kappa shape index (κ1) is 12.0. The highest BCUT2D eigenvalue weighted by Crippen LogP contribution is 2.29. The lowest BCUT2D eigenvalue weighted by molar-refractivity contribution is 0.538. The number of rotatable bonds is 5. The first-order valence-corrected chi connectivity index (χ1v) is 5.82. The topological polar surface area (TPSA) is 38.0 Å². The Hall–Kier alpha value is 0.0400.